The minimum absolute atomic E-state index is 0.283. The normalized spacial score (nSPS) is 14.7. The van der Waals surface area contributed by atoms with E-state index >= 15 is 0 Å². The average molecular weight is 409 g/mol. The van der Waals surface area contributed by atoms with E-state index in [1.54, 1.807) is 33.0 Å². The van der Waals surface area contributed by atoms with Crippen molar-refractivity contribution in [1.29, 1.82) is 0 Å². The molecule has 0 saturated carbocycles. The number of carbonyl (C=O) groups is 1. The first-order valence-corrected chi connectivity index (χ1v) is 9.25. The summed E-state index contributed by atoms with van der Waals surface area (Å²) in [6, 6.07) is 2.92. The molecule has 1 aliphatic rings. The van der Waals surface area contributed by atoms with Crippen molar-refractivity contribution in [3.63, 3.8) is 0 Å². The fourth-order valence-electron chi connectivity index (χ4n) is 2.77. The van der Waals surface area contributed by atoms with Gasteiger partial charge in [-0.1, -0.05) is 11.6 Å². The largest absolute Gasteiger partial charge is 0.444 e. The fourth-order valence-corrected chi connectivity index (χ4v) is 2.98. The lowest BCUT2D eigenvalue weighted by Crippen LogP contribution is -2.37. The summed E-state index contributed by atoms with van der Waals surface area (Å²) in [5.41, 5.74) is 0.782. The Balaban J connectivity index is 1.98. The van der Waals surface area contributed by atoms with Gasteiger partial charge in [-0.2, -0.15) is 4.39 Å². The van der Waals surface area contributed by atoms with Gasteiger partial charge in [0.15, 0.2) is 5.82 Å². The van der Waals surface area contributed by atoms with E-state index < -0.39 is 17.6 Å². The number of hydrogen-bond acceptors (Lipinski definition) is 6. The molecule has 0 bridgehead atoms. The molecule has 0 aliphatic carbocycles. The minimum Gasteiger partial charge on any atom is -0.444 e. The van der Waals surface area contributed by atoms with E-state index in [0.29, 0.717) is 48.9 Å². The molecular formula is C19H22ClFN4O3. The molecule has 0 unspecified atom stereocenters. The van der Waals surface area contributed by atoms with Crippen LogP contribution in [0.5, 0.6) is 0 Å². The number of amides is 1. The molecule has 0 atom stereocenters. The third kappa shape index (κ3) is 5.08. The zero-order valence-electron chi connectivity index (χ0n) is 16.0. The topological polar surface area (TPSA) is 76.6 Å². The highest BCUT2D eigenvalue weighted by atomic mass is 35.5. The van der Waals surface area contributed by atoms with Crippen LogP contribution in [0.2, 0.25) is 5.02 Å². The van der Waals surface area contributed by atoms with Gasteiger partial charge in [0, 0.05) is 42.7 Å². The van der Waals surface area contributed by atoms with Crippen LogP contribution in [0.1, 0.15) is 20.8 Å². The van der Waals surface area contributed by atoms with Crippen molar-refractivity contribution in [2.24, 2.45) is 0 Å². The van der Waals surface area contributed by atoms with E-state index in [-0.39, 0.29) is 5.02 Å². The van der Waals surface area contributed by atoms with Crippen molar-refractivity contribution in [3.05, 3.63) is 35.5 Å². The van der Waals surface area contributed by atoms with Gasteiger partial charge in [0.05, 0.1) is 23.9 Å². The van der Waals surface area contributed by atoms with Crippen LogP contribution in [-0.2, 0) is 9.47 Å². The molecule has 0 spiro atoms. The van der Waals surface area contributed by atoms with Crippen LogP contribution in [0.3, 0.4) is 0 Å². The molecule has 1 fully saturated rings. The second kappa shape index (κ2) is 8.28. The molecule has 2 aromatic rings. The molecular weight excluding hydrogens is 387 g/mol. The zero-order valence-corrected chi connectivity index (χ0v) is 16.7. The number of aromatic nitrogens is 2. The van der Waals surface area contributed by atoms with Gasteiger partial charge in [-0.25, -0.2) is 14.8 Å². The Labute approximate surface area is 167 Å². The molecule has 28 heavy (non-hydrogen) atoms. The third-order valence-electron chi connectivity index (χ3n) is 3.95. The first-order chi connectivity index (χ1) is 13.2. The maximum absolute atomic E-state index is 13.6. The summed E-state index contributed by atoms with van der Waals surface area (Å²) in [4.78, 5) is 22.4. The number of halogens is 2. The standard InChI is InChI=1S/C19H22ClFN4O3/c1-19(2,3)28-18(26)24-15-8-12(13-9-16(21)22-11-14(13)20)10-23-17(15)25-4-6-27-7-5-25/h8-11H,4-7H2,1-3H3,(H,24,26). The summed E-state index contributed by atoms with van der Waals surface area (Å²) >= 11 is 6.17. The Kier molecular flexibility index (Phi) is 6.00. The SMILES string of the molecule is CC(C)(C)OC(=O)Nc1cc(-c2cc(F)ncc2Cl)cnc1N1CCOCC1. The number of rotatable bonds is 3. The van der Waals surface area contributed by atoms with Crippen LogP contribution < -0.4 is 10.2 Å². The molecule has 0 radical (unpaired) electrons. The third-order valence-corrected chi connectivity index (χ3v) is 4.25. The minimum atomic E-state index is -0.654. The first kappa shape index (κ1) is 20.3. The molecule has 1 saturated heterocycles. The van der Waals surface area contributed by atoms with E-state index in [1.165, 1.54) is 12.3 Å². The van der Waals surface area contributed by atoms with Gasteiger partial charge >= 0.3 is 6.09 Å². The smallest absolute Gasteiger partial charge is 0.412 e. The highest BCUT2D eigenvalue weighted by Crippen LogP contribution is 2.33. The number of carbonyl (C=O) groups excluding carboxylic acids is 1. The van der Waals surface area contributed by atoms with Crippen molar-refractivity contribution in [3.8, 4) is 11.1 Å². The molecule has 1 aliphatic heterocycles. The monoisotopic (exact) mass is 408 g/mol. The number of ether oxygens (including phenoxy) is 2. The summed E-state index contributed by atoms with van der Waals surface area (Å²) in [7, 11) is 0. The zero-order chi connectivity index (χ0) is 20.3. The highest BCUT2D eigenvalue weighted by Gasteiger charge is 2.22. The summed E-state index contributed by atoms with van der Waals surface area (Å²) in [5, 5.41) is 3.03. The molecule has 1 N–H and O–H groups in total. The first-order valence-electron chi connectivity index (χ1n) is 8.87. The van der Waals surface area contributed by atoms with Gasteiger partial charge in [0.25, 0.3) is 0 Å². The quantitative estimate of drug-likeness (QED) is 0.770. The van der Waals surface area contributed by atoms with Crippen LogP contribution in [0.4, 0.5) is 20.7 Å². The van der Waals surface area contributed by atoms with Crippen LogP contribution in [0, 0.1) is 5.95 Å². The van der Waals surface area contributed by atoms with Gasteiger partial charge in [-0.15, -0.1) is 0 Å². The number of anilines is 2. The molecule has 9 heteroatoms. The second-order valence-corrected chi connectivity index (χ2v) is 7.72. The van der Waals surface area contributed by atoms with Gasteiger partial charge in [-0.3, -0.25) is 5.32 Å². The number of morpholine rings is 1. The van der Waals surface area contributed by atoms with E-state index in [4.69, 9.17) is 21.1 Å². The van der Waals surface area contributed by atoms with Gasteiger partial charge in [0.2, 0.25) is 5.95 Å². The Morgan fingerprint density at radius 1 is 1.25 bits per heavy atom. The molecule has 7 nitrogen and oxygen atoms in total. The molecule has 1 amide bonds. The van der Waals surface area contributed by atoms with Crippen LogP contribution in [0.15, 0.2) is 24.5 Å². The fraction of sp³-hybridized carbons (Fsp3) is 0.421. The Hall–Kier alpha value is -2.45. The molecule has 2 aromatic heterocycles. The van der Waals surface area contributed by atoms with Gasteiger partial charge in [-0.05, 0) is 26.8 Å². The van der Waals surface area contributed by atoms with Gasteiger partial charge < -0.3 is 14.4 Å². The maximum Gasteiger partial charge on any atom is 0.412 e. The van der Waals surface area contributed by atoms with E-state index in [1.807, 2.05) is 4.90 Å². The van der Waals surface area contributed by atoms with Crippen molar-refractivity contribution in [2.75, 3.05) is 36.5 Å². The van der Waals surface area contributed by atoms with Crippen molar-refractivity contribution >= 4 is 29.2 Å². The number of nitrogens with zero attached hydrogens (tertiary/aromatic N) is 3. The lowest BCUT2D eigenvalue weighted by Gasteiger charge is -2.30. The second-order valence-electron chi connectivity index (χ2n) is 7.31. The predicted molar refractivity (Wildman–Crippen MR) is 105 cm³/mol. The highest BCUT2D eigenvalue weighted by molar-refractivity contribution is 6.33. The van der Waals surface area contributed by atoms with Crippen LogP contribution in [-0.4, -0.2) is 48.0 Å². The van der Waals surface area contributed by atoms with E-state index in [0.717, 1.165) is 0 Å². The predicted octanol–water partition coefficient (Wildman–Crippen LogP) is 4.12. The lowest BCUT2D eigenvalue weighted by atomic mass is 10.1. The molecule has 150 valence electrons. The lowest BCUT2D eigenvalue weighted by molar-refractivity contribution is 0.0636. The average Bonchev–Trinajstić information content (AvgIpc) is 2.63. The van der Waals surface area contributed by atoms with Crippen molar-refractivity contribution < 1.29 is 18.7 Å². The summed E-state index contributed by atoms with van der Waals surface area (Å²) in [5.74, 6) is -0.0677. The maximum atomic E-state index is 13.6. The molecule has 3 rings (SSSR count). The molecule has 3 heterocycles. The van der Waals surface area contributed by atoms with E-state index in [2.05, 4.69) is 15.3 Å². The summed E-state index contributed by atoms with van der Waals surface area (Å²) in [6.45, 7) is 7.75. The number of pyridine rings is 2. The Morgan fingerprint density at radius 3 is 2.64 bits per heavy atom. The van der Waals surface area contributed by atoms with Crippen molar-refractivity contribution in [1.82, 2.24) is 9.97 Å². The van der Waals surface area contributed by atoms with Crippen LogP contribution in [0.25, 0.3) is 11.1 Å². The number of nitrogens with one attached hydrogen (secondary N) is 1. The summed E-state index contributed by atoms with van der Waals surface area (Å²) < 4.78 is 24.3. The Morgan fingerprint density at radius 2 is 1.96 bits per heavy atom. The van der Waals surface area contributed by atoms with Crippen LogP contribution >= 0.6 is 11.6 Å². The Bertz CT molecular complexity index is 867. The van der Waals surface area contributed by atoms with Gasteiger partial charge in [0.1, 0.15) is 5.60 Å². The van der Waals surface area contributed by atoms with Crippen molar-refractivity contribution in [2.45, 2.75) is 26.4 Å². The molecule has 0 aromatic carbocycles. The van der Waals surface area contributed by atoms with E-state index in [9.17, 15) is 9.18 Å². The number of hydrogen-bond donors (Lipinski definition) is 1. The summed E-state index contributed by atoms with van der Waals surface area (Å²) in [6.07, 6.45) is 2.22.